The highest BCUT2D eigenvalue weighted by Crippen LogP contribution is 2.45. The van der Waals surface area contributed by atoms with Gasteiger partial charge in [0.2, 0.25) is 0 Å². The first kappa shape index (κ1) is 27.0. The summed E-state index contributed by atoms with van der Waals surface area (Å²) >= 11 is 13.1. The number of benzene rings is 4. The van der Waals surface area contributed by atoms with E-state index in [2.05, 4.69) is 111 Å². The maximum absolute atomic E-state index is 4.83. The number of thiol groups is 2. The summed E-state index contributed by atoms with van der Waals surface area (Å²) in [5.41, 5.74) is 3.79. The summed E-state index contributed by atoms with van der Waals surface area (Å²) in [6, 6.07) is 33.8. The van der Waals surface area contributed by atoms with E-state index in [0.717, 1.165) is 37.3 Å². The number of thiophene rings is 2. The van der Waals surface area contributed by atoms with Crippen molar-refractivity contribution >= 4 is 93.3 Å². The second kappa shape index (κ2) is 11.4. The molecule has 40 heavy (non-hydrogen) atoms. The quantitative estimate of drug-likeness (QED) is 0.136. The van der Waals surface area contributed by atoms with E-state index in [1.54, 1.807) is 22.7 Å². The third kappa shape index (κ3) is 5.41. The molecule has 0 saturated heterocycles. The van der Waals surface area contributed by atoms with Crippen molar-refractivity contribution in [2.24, 2.45) is 9.98 Å². The molecule has 0 radical (unpaired) electrons. The minimum Gasteiger partial charge on any atom is -0.256 e. The van der Waals surface area contributed by atoms with Gasteiger partial charge in [0.25, 0.3) is 0 Å². The SMILES string of the molecule is CCC(C)(c1cc(C=Nc2ccc3ccccc3c2)c(S)s1)c1cc(C=Nc2ccc3ccccc3c2)c(S)s1. The van der Waals surface area contributed by atoms with Gasteiger partial charge in [-0.3, -0.25) is 9.98 Å². The van der Waals surface area contributed by atoms with Gasteiger partial charge in [-0.2, -0.15) is 0 Å². The minimum absolute atomic E-state index is 0.158. The minimum atomic E-state index is -0.158. The Morgan fingerprint density at radius 2 is 1.05 bits per heavy atom. The van der Waals surface area contributed by atoms with Crippen LogP contribution in [0.5, 0.6) is 0 Å². The molecular formula is C34H28N2S4. The zero-order chi connectivity index (χ0) is 27.7. The monoisotopic (exact) mass is 592 g/mol. The molecule has 2 heterocycles. The van der Waals surface area contributed by atoms with E-state index in [-0.39, 0.29) is 5.41 Å². The molecule has 198 valence electrons. The fraction of sp³-hybridized carbons (Fsp3) is 0.118. The van der Waals surface area contributed by atoms with E-state index in [9.17, 15) is 0 Å². The summed E-state index contributed by atoms with van der Waals surface area (Å²) in [4.78, 5) is 12.1. The molecule has 0 saturated carbocycles. The van der Waals surface area contributed by atoms with E-state index >= 15 is 0 Å². The summed E-state index contributed by atoms with van der Waals surface area (Å²) in [5, 5.41) is 4.81. The molecule has 0 bridgehead atoms. The van der Waals surface area contributed by atoms with Crippen LogP contribution in [-0.2, 0) is 5.41 Å². The van der Waals surface area contributed by atoms with Crippen molar-refractivity contribution in [3.05, 3.63) is 118 Å². The fourth-order valence-corrected chi connectivity index (χ4v) is 7.90. The van der Waals surface area contributed by atoms with Crippen molar-refractivity contribution in [1.82, 2.24) is 0 Å². The highest BCUT2D eigenvalue weighted by atomic mass is 32.2. The fourth-order valence-electron chi connectivity index (χ4n) is 4.79. The standard InChI is InChI=1S/C34H28N2S4/c1-3-34(2,30-18-26(32(37)39-30)20-35-28-14-12-22-8-4-6-10-24(22)16-28)31-19-27(33(38)40-31)21-36-29-15-13-23-9-5-7-11-25(23)17-29/h4-21,37-38H,3H2,1-2H3. The zero-order valence-electron chi connectivity index (χ0n) is 22.2. The van der Waals surface area contributed by atoms with E-state index in [1.165, 1.54) is 31.3 Å². The van der Waals surface area contributed by atoms with Crippen molar-refractivity contribution in [2.75, 3.05) is 0 Å². The molecule has 6 rings (SSSR count). The first-order valence-electron chi connectivity index (χ1n) is 13.2. The average Bonchev–Trinajstić information content (AvgIpc) is 3.56. The van der Waals surface area contributed by atoms with Gasteiger partial charge >= 0.3 is 0 Å². The highest BCUT2D eigenvalue weighted by Gasteiger charge is 2.32. The normalized spacial score (nSPS) is 13.6. The van der Waals surface area contributed by atoms with Crippen LogP contribution in [0.3, 0.4) is 0 Å². The lowest BCUT2D eigenvalue weighted by molar-refractivity contribution is 0.573. The topological polar surface area (TPSA) is 24.7 Å². The smallest absolute Gasteiger partial charge is 0.0659 e. The van der Waals surface area contributed by atoms with Gasteiger partial charge in [0.15, 0.2) is 0 Å². The Balaban J connectivity index is 1.26. The van der Waals surface area contributed by atoms with E-state index in [4.69, 9.17) is 35.2 Å². The highest BCUT2D eigenvalue weighted by molar-refractivity contribution is 7.83. The number of hydrogen-bond donors (Lipinski definition) is 2. The number of fused-ring (bicyclic) bond motifs is 2. The molecule has 0 aliphatic heterocycles. The Kier molecular flexibility index (Phi) is 7.69. The van der Waals surface area contributed by atoms with Gasteiger partial charge in [0, 0.05) is 38.7 Å². The van der Waals surface area contributed by atoms with Gasteiger partial charge < -0.3 is 0 Å². The molecule has 2 nitrogen and oxygen atoms in total. The molecule has 0 spiro atoms. The Labute approximate surface area is 254 Å². The lowest BCUT2D eigenvalue weighted by atomic mass is 9.83. The Bertz CT molecular complexity index is 1760. The Morgan fingerprint density at radius 1 is 0.625 bits per heavy atom. The lowest BCUT2D eigenvalue weighted by Crippen LogP contribution is -2.19. The van der Waals surface area contributed by atoms with Gasteiger partial charge in [-0.15, -0.1) is 47.9 Å². The first-order chi connectivity index (χ1) is 19.4. The van der Waals surface area contributed by atoms with Crippen LogP contribution in [0, 0.1) is 0 Å². The molecule has 6 aromatic rings. The number of rotatable bonds is 7. The van der Waals surface area contributed by atoms with Crippen LogP contribution in [0.4, 0.5) is 11.4 Å². The van der Waals surface area contributed by atoms with Crippen LogP contribution in [0.2, 0.25) is 0 Å². The van der Waals surface area contributed by atoms with Crippen LogP contribution in [0.25, 0.3) is 21.5 Å². The van der Waals surface area contributed by atoms with Gasteiger partial charge in [-0.05, 0) is 71.3 Å². The van der Waals surface area contributed by atoms with Crippen molar-refractivity contribution in [2.45, 2.75) is 34.1 Å². The van der Waals surface area contributed by atoms with Crippen LogP contribution >= 0.6 is 47.9 Å². The van der Waals surface area contributed by atoms with Crippen molar-refractivity contribution in [3.63, 3.8) is 0 Å². The van der Waals surface area contributed by atoms with Crippen LogP contribution in [-0.4, -0.2) is 12.4 Å². The Hall–Kier alpha value is -3.16. The van der Waals surface area contributed by atoms with Gasteiger partial charge in [-0.25, -0.2) is 0 Å². The molecule has 0 aliphatic carbocycles. The summed E-state index contributed by atoms with van der Waals surface area (Å²) in [6.07, 6.45) is 4.82. The summed E-state index contributed by atoms with van der Waals surface area (Å²) in [6.45, 7) is 4.54. The number of nitrogens with zero attached hydrogens (tertiary/aromatic N) is 2. The van der Waals surface area contributed by atoms with Crippen LogP contribution < -0.4 is 0 Å². The van der Waals surface area contributed by atoms with E-state index in [0.29, 0.717) is 0 Å². The van der Waals surface area contributed by atoms with Crippen LogP contribution in [0.15, 0.2) is 115 Å². The molecule has 4 aromatic carbocycles. The van der Waals surface area contributed by atoms with Gasteiger partial charge in [-0.1, -0.05) is 67.6 Å². The van der Waals surface area contributed by atoms with Gasteiger partial charge in [0.05, 0.1) is 19.8 Å². The molecule has 0 atom stereocenters. The molecule has 0 fully saturated rings. The molecule has 0 amide bonds. The van der Waals surface area contributed by atoms with Crippen LogP contribution in [0.1, 0.15) is 41.1 Å². The van der Waals surface area contributed by atoms with E-state index in [1.807, 2.05) is 12.4 Å². The second-order valence-corrected chi connectivity index (χ2v) is 13.6. The average molecular weight is 593 g/mol. The number of hydrogen-bond acceptors (Lipinski definition) is 6. The Morgan fingerprint density at radius 3 is 1.48 bits per heavy atom. The first-order valence-corrected chi connectivity index (χ1v) is 15.7. The molecule has 0 unspecified atom stereocenters. The molecule has 2 aromatic heterocycles. The van der Waals surface area contributed by atoms with Crippen molar-refractivity contribution in [3.8, 4) is 0 Å². The van der Waals surface area contributed by atoms with Crippen molar-refractivity contribution in [1.29, 1.82) is 0 Å². The predicted octanol–water partition coefficient (Wildman–Crippen LogP) is 10.9. The third-order valence-corrected chi connectivity index (χ3v) is 10.9. The largest absolute Gasteiger partial charge is 0.256 e. The molecular weight excluding hydrogens is 565 g/mol. The summed E-state index contributed by atoms with van der Waals surface area (Å²) in [7, 11) is 0. The van der Waals surface area contributed by atoms with Crippen molar-refractivity contribution < 1.29 is 0 Å². The summed E-state index contributed by atoms with van der Waals surface area (Å²) in [5.74, 6) is 0. The summed E-state index contributed by atoms with van der Waals surface area (Å²) < 4.78 is 1.94. The predicted molar refractivity (Wildman–Crippen MR) is 182 cm³/mol. The maximum atomic E-state index is 4.83. The third-order valence-electron chi connectivity index (χ3n) is 7.45. The van der Waals surface area contributed by atoms with Gasteiger partial charge in [0.1, 0.15) is 0 Å². The molecule has 6 heteroatoms. The van der Waals surface area contributed by atoms with E-state index < -0.39 is 0 Å². The maximum Gasteiger partial charge on any atom is 0.0659 e. The molecule has 0 aliphatic rings. The zero-order valence-corrected chi connectivity index (χ0v) is 25.6. The number of aliphatic imine (C=N–C) groups is 2. The molecule has 0 N–H and O–H groups in total. The second-order valence-electron chi connectivity index (χ2n) is 10.0. The lowest BCUT2D eigenvalue weighted by Gasteiger charge is -2.25.